The van der Waals surface area contributed by atoms with Crippen LogP contribution in [-0.4, -0.2) is 27.6 Å². The first kappa shape index (κ1) is 10.6. The standard InChI is InChI=1S/C5H6O5S3/c1-12(6,7)4-2-5(11-3-4)13(8,9)10/h2-3H,1H3,(H,8,9,10). The van der Waals surface area contributed by atoms with Gasteiger partial charge in [-0.25, -0.2) is 8.42 Å². The SMILES string of the molecule is CS(=O)(=O)c1csc(S(=O)(=O)O)c1. The van der Waals surface area contributed by atoms with Crippen molar-refractivity contribution in [1.29, 1.82) is 0 Å². The smallest absolute Gasteiger partial charge is 0.281 e. The molecule has 0 aliphatic heterocycles. The normalized spacial score (nSPS) is 13.1. The molecule has 8 heteroatoms. The molecular formula is C5H6O5S3. The molecule has 74 valence electrons. The van der Waals surface area contributed by atoms with E-state index in [0.29, 0.717) is 11.3 Å². The predicted molar refractivity (Wildman–Crippen MR) is 47.2 cm³/mol. The van der Waals surface area contributed by atoms with E-state index < -0.39 is 20.0 Å². The zero-order valence-electron chi connectivity index (χ0n) is 6.46. The Morgan fingerprint density at radius 3 is 2.08 bits per heavy atom. The molecule has 0 saturated heterocycles. The predicted octanol–water partition coefficient (Wildman–Crippen LogP) is 0.398. The fourth-order valence-corrected chi connectivity index (χ4v) is 3.36. The minimum absolute atomic E-state index is 0.106. The van der Waals surface area contributed by atoms with E-state index in [9.17, 15) is 16.8 Å². The summed E-state index contributed by atoms with van der Waals surface area (Å²) in [4.78, 5) is -0.106. The molecule has 13 heavy (non-hydrogen) atoms. The molecule has 1 aromatic heterocycles. The zero-order chi connectivity index (χ0) is 10.3. The summed E-state index contributed by atoms with van der Waals surface area (Å²) >= 11 is 0.666. The molecule has 0 atom stereocenters. The molecule has 0 aliphatic rings. The van der Waals surface area contributed by atoms with Gasteiger partial charge in [0.2, 0.25) is 0 Å². The second-order valence-electron chi connectivity index (χ2n) is 2.35. The molecule has 0 fully saturated rings. The summed E-state index contributed by atoms with van der Waals surface area (Å²) in [5.74, 6) is 0. The second kappa shape index (κ2) is 3.05. The molecule has 0 unspecified atom stereocenters. The molecule has 0 bridgehead atoms. The van der Waals surface area contributed by atoms with Gasteiger partial charge in [0.15, 0.2) is 9.84 Å². The van der Waals surface area contributed by atoms with E-state index in [1.165, 1.54) is 5.38 Å². The van der Waals surface area contributed by atoms with Gasteiger partial charge in [0.1, 0.15) is 4.21 Å². The van der Waals surface area contributed by atoms with Crippen LogP contribution in [0.3, 0.4) is 0 Å². The van der Waals surface area contributed by atoms with Crippen molar-refractivity contribution in [2.75, 3.05) is 6.26 Å². The molecule has 1 rings (SSSR count). The summed E-state index contributed by atoms with van der Waals surface area (Å²) in [7, 11) is -7.70. The molecule has 0 spiro atoms. The summed E-state index contributed by atoms with van der Waals surface area (Å²) in [5, 5.41) is 1.17. The fourth-order valence-electron chi connectivity index (χ4n) is 0.630. The fraction of sp³-hybridized carbons (Fsp3) is 0.200. The van der Waals surface area contributed by atoms with Crippen LogP contribution in [0.2, 0.25) is 0 Å². The lowest BCUT2D eigenvalue weighted by atomic mass is 10.7. The number of hydrogen-bond donors (Lipinski definition) is 1. The number of sulfone groups is 1. The first-order valence-corrected chi connectivity index (χ1v) is 7.18. The maximum absolute atomic E-state index is 10.9. The Balaban J connectivity index is 3.32. The molecule has 5 nitrogen and oxygen atoms in total. The second-order valence-corrected chi connectivity index (χ2v) is 6.92. The van der Waals surface area contributed by atoms with Crippen LogP contribution >= 0.6 is 11.3 Å². The first-order chi connectivity index (χ1) is 5.71. The lowest BCUT2D eigenvalue weighted by molar-refractivity contribution is 0.485. The van der Waals surface area contributed by atoms with Crippen molar-refractivity contribution in [2.45, 2.75) is 9.10 Å². The quantitative estimate of drug-likeness (QED) is 0.758. The molecule has 1 aromatic rings. The molecular weight excluding hydrogens is 236 g/mol. The molecule has 0 aliphatic carbocycles. The lowest BCUT2D eigenvalue weighted by Gasteiger charge is -1.89. The minimum atomic E-state index is -4.29. The van der Waals surface area contributed by atoms with Crippen LogP contribution in [0.5, 0.6) is 0 Å². The Kier molecular flexibility index (Phi) is 2.50. The Morgan fingerprint density at radius 2 is 1.85 bits per heavy atom. The van der Waals surface area contributed by atoms with E-state index in [1.807, 2.05) is 0 Å². The van der Waals surface area contributed by atoms with Crippen LogP contribution in [0.1, 0.15) is 0 Å². The number of hydrogen-bond acceptors (Lipinski definition) is 5. The summed E-state index contributed by atoms with van der Waals surface area (Å²) in [6.07, 6.45) is 0.961. The van der Waals surface area contributed by atoms with Gasteiger partial charge in [0.25, 0.3) is 0 Å². The van der Waals surface area contributed by atoms with Gasteiger partial charge in [-0.05, 0) is 6.07 Å². The van der Waals surface area contributed by atoms with Crippen molar-refractivity contribution in [3.8, 4) is 0 Å². The minimum Gasteiger partial charge on any atom is -0.281 e. The highest BCUT2D eigenvalue weighted by Crippen LogP contribution is 2.22. The van der Waals surface area contributed by atoms with Gasteiger partial charge in [-0.15, -0.1) is 11.3 Å². The Hall–Kier alpha value is -0.440. The topological polar surface area (TPSA) is 88.5 Å². The van der Waals surface area contributed by atoms with E-state index in [-0.39, 0.29) is 9.10 Å². The average molecular weight is 242 g/mol. The van der Waals surface area contributed by atoms with Gasteiger partial charge in [0, 0.05) is 11.6 Å². The lowest BCUT2D eigenvalue weighted by Crippen LogP contribution is -1.96. The van der Waals surface area contributed by atoms with E-state index in [2.05, 4.69) is 0 Å². The Bertz CT molecular complexity index is 460. The highest BCUT2D eigenvalue weighted by Gasteiger charge is 2.17. The number of rotatable bonds is 2. The van der Waals surface area contributed by atoms with Gasteiger partial charge in [-0.3, -0.25) is 4.55 Å². The van der Waals surface area contributed by atoms with Gasteiger partial charge < -0.3 is 0 Å². The van der Waals surface area contributed by atoms with Crippen molar-refractivity contribution in [3.05, 3.63) is 11.4 Å². The molecule has 1 N–H and O–H groups in total. The van der Waals surface area contributed by atoms with Crippen LogP contribution < -0.4 is 0 Å². The first-order valence-electron chi connectivity index (χ1n) is 2.97. The molecule has 0 radical (unpaired) electrons. The summed E-state index contributed by atoms with van der Waals surface area (Å²) in [6.45, 7) is 0. The van der Waals surface area contributed by atoms with Gasteiger partial charge in [-0.1, -0.05) is 0 Å². The Labute approximate surface area is 79.7 Å². The van der Waals surface area contributed by atoms with E-state index in [4.69, 9.17) is 4.55 Å². The summed E-state index contributed by atoms with van der Waals surface area (Å²) in [6, 6.07) is 0.926. The average Bonchev–Trinajstić information content (AvgIpc) is 2.28. The third-order valence-electron chi connectivity index (χ3n) is 1.23. The van der Waals surface area contributed by atoms with Crippen LogP contribution in [0.15, 0.2) is 20.6 Å². The highest BCUT2D eigenvalue weighted by atomic mass is 32.3. The maximum atomic E-state index is 10.9. The van der Waals surface area contributed by atoms with Crippen molar-refractivity contribution in [3.63, 3.8) is 0 Å². The molecule has 0 aromatic carbocycles. The Morgan fingerprint density at radius 1 is 1.31 bits per heavy atom. The summed E-state index contributed by atoms with van der Waals surface area (Å²) in [5.41, 5.74) is 0. The third-order valence-corrected chi connectivity index (χ3v) is 4.74. The molecule has 0 saturated carbocycles. The van der Waals surface area contributed by atoms with Crippen molar-refractivity contribution >= 4 is 31.3 Å². The van der Waals surface area contributed by atoms with Crippen LogP contribution in [0.25, 0.3) is 0 Å². The summed E-state index contributed by atoms with van der Waals surface area (Å²) < 4.78 is 51.1. The van der Waals surface area contributed by atoms with Crippen molar-refractivity contribution in [2.24, 2.45) is 0 Å². The van der Waals surface area contributed by atoms with Gasteiger partial charge in [0.05, 0.1) is 4.90 Å². The third kappa shape index (κ3) is 2.50. The maximum Gasteiger partial charge on any atom is 0.304 e. The van der Waals surface area contributed by atoms with E-state index in [0.717, 1.165) is 12.3 Å². The molecule has 1 heterocycles. The largest absolute Gasteiger partial charge is 0.304 e. The zero-order valence-corrected chi connectivity index (χ0v) is 8.91. The van der Waals surface area contributed by atoms with Gasteiger partial charge in [-0.2, -0.15) is 8.42 Å². The van der Waals surface area contributed by atoms with E-state index in [1.54, 1.807) is 0 Å². The van der Waals surface area contributed by atoms with Crippen molar-refractivity contribution < 1.29 is 21.4 Å². The molecule has 0 amide bonds. The van der Waals surface area contributed by atoms with Crippen LogP contribution in [0.4, 0.5) is 0 Å². The van der Waals surface area contributed by atoms with Crippen LogP contribution in [-0.2, 0) is 20.0 Å². The van der Waals surface area contributed by atoms with Gasteiger partial charge >= 0.3 is 10.1 Å². The van der Waals surface area contributed by atoms with Crippen molar-refractivity contribution in [1.82, 2.24) is 0 Å². The number of thiophene rings is 1. The van der Waals surface area contributed by atoms with E-state index >= 15 is 0 Å². The highest BCUT2D eigenvalue weighted by molar-refractivity contribution is 7.91. The monoisotopic (exact) mass is 242 g/mol. The van der Waals surface area contributed by atoms with Crippen LogP contribution in [0, 0.1) is 0 Å².